The summed E-state index contributed by atoms with van der Waals surface area (Å²) in [5.74, 6) is -0.213. The van der Waals surface area contributed by atoms with Crippen LogP contribution in [0, 0.1) is 12.5 Å². The van der Waals surface area contributed by atoms with Gasteiger partial charge in [-0.2, -0.15) is 28.3 Å². The average molecular weight is 412 g/mol. The molecule has 0 heterocycles. The van der Waals surface area contributed by atoms with Crippen LogP contribution in [0.5, 0.6) is 0 Å². The quantitative estimate of drug-likeness (QED) is 0.412. The fourth-order valence-electron chi connectivity index (χ4n) is 1.43. The van der Waals surface area contributed by atoms with Gasteiger partial charge in [0.2, 0.25) is 0 Å². The summed E-state index contributed by atoms with van der Waals surface area (Å²) in [6.07, 6.45) is 17.8. The Morgan fingerprint density at radius 3 is 2.09 bits per heavy atom. The van der Waals surface area contributed by atoms with Gasteiger partial charge in [0.1, 0.15) is 0 Å². The molecule has 1 rings (SSSR count). The minimum absolute atomic E-state index is 0. The molecule has 0 saturated carbocycles. The van der Waals surface area contributed by atoms with E-state index in [2.05, 4.69) is 23.5 Å². The maximum atomic E-state index is 11.3. The number of allylic oxidation sites excluding steroid dienone is 4. The topological polar surface area (TPSA) is 43.4 Å². The molecular formula is C16H29FO3SZr. The molecule has 1 aliphatic carbocycles. The number of hydrogen-bond acceptors (Lipinski definition) is 3. The Morgan fingerprint density at radius 2 is 1.73 bits per heavy atom. The van der Waals surface area contributed by atoms with E-state index in [1.807, 2.05) is 32.4 Å². The van der Waals surface area contributed by atoms with Crippen molar-refractivity contribution in [3.63, 3.8) is 0 Å². The van der Waals surface area contributed by atoms with Crippen LogP contribution < -0.4 is 0 Å². The molecule has 6 heteroatoms. The van der Waals surface area contributed by atoms with E-state index in [9.17, 15) is 12.9 Å². The van der Waals surface area contributed by atoms with E-state index in [-0.39, 0.29) is 32.0 Å². The molecule has 128 valence electrons. The van der Waals surface area contributed by atoms with Crippen molar-refractivity contribution in [1.29, 1.82) is 0 Å². The normalized spacial score (nSPS) is 11.8. The zero-order chi connectivity index (χ0) is 16.4. The first-order valence-electron chi connectivity index (χ1n) is 7.52. The van der Waals surface area contributed by atoms with Crippen LogP contribution in [0.1, 0.15) is 65.7 Å². The Kier molecular flexibility index (Phi) is 26.1. The summed E-state index contributed by atoms with van der Waals surface area (Å²) in [6, 6.07) is 0. The molecule has 0 fully saturated rings. The molecule has 22 heavy (non-hydrogen) atoms. The molecule has 0 amide bonds. The summed E-state index contributed by atoms with van der Waals surface area (Å²) in [5.41, 5.74) is 0. The summed E-state index contributed by atoms with van der Waals surface area (Å²) in [4.78, 5) is 0. The average Bonchev–Trinajstić information content (AvgIpc) is 3.03. The molecule has 0 aromatic rings. The second-order valence-corrected chi connectivity index (χ2v) is 6.32. The molecule has 0 unspecified atom stereocenters. The maximum Gasteiger partial charge on any atom is 2.00 e. The number of rotatable bonds is 8. The second-order valence-electron chi connectivity index (χ2n) is 4.67. The molecule has 0 bridgehead atoms. The zero-order valence-electron chi connectivity index (χ0n) is 14.0. The van der Waals surface area contributed by atoms with Crippen LogP contribution in [0.25, 0.3) is 0 Å². The largest absolute Gasteiger partial charge is 2.00 e. The van der Waals surface area contributed by atoms with Crippen molar-refractivity contribution in [3.05, 3.63) is 30.7 Å². The molecule has 0 N–H and O–H groups in total. The summed E-state index contributed by atoms with van der Waals surface area (Å²) < 4.78 is 35.1. The minimum Gasteiger partial charge on any atom is -0.335 e. The van der Waals surface area contributed by atoms with E-state index in [0.717, 1.165) is 32.1 Å². The summed E-state index contributed by atoms with van der Waals surface area (Å²) in [5, 5.41) is 0. The molecule has 0 spiro atoms. The monoisotopic (exact) mass is 410 g/mol. The van der Waals surface area contributed by atoms with Crippen LogP contribution in [0.4, 0.5) is 4.53 Å². The van der Waals surface area contributed by atoms with E-state index in [1.165, 1.54) is 6.42 Å². The second kappa shape index (κ2) is 21.2. The molecule has 0 aliphatic heterocycles. The van der Waals surface area contributed by atoms with Crippen LogP contribution in [0.15, 0.2) is 18.2 Å². The third kappa shape index (κ3) is 25.2. The Morgan fingerprint density at radius 1 is 1.18 bits per heavy atom. The minimum atomic E-state index is -3.88. The third-order valence-corrected chi connectivity index (χ3v) is 3.41. The SMILES string of the molecule is CCCCCCCCS(=O)(=O)OF.C[CH-]C.[C-]1=CC=CC1.[Zr+2]. The van der Waals surface area contributed by atoms with E-state index in [1.54, 1.807) is 0 Å². The number of unbranched alkanes of at least 4 members (excludes halogenated alkanes) is 5. The van der Waals surface area contributed by atoms with Gasteiger partial charge in [-0.1, -0.05) is 43.4 Å². The summed E-state index contributed by atoms with van der Waals surface area (Å²) in [6.45, 7) is 6.11. The van der Waals surface area contributed by atoms with Gasteiger partial charge in [-0.15, -0.1) is 6.42 Å². The van der Waals surface area contributed by atoms with Gasteiger partial charge in [0.05, 0.1) is 5.75 Å². The van der Waals surface area contributed by atoms with Gasteiger partial charge in [0, 0.05) is 0 Å². The molecule has 0 aromatic heterocycles. The number of halogens is 1. The molecule has 0 aromatic carbocycles. The van der Waals surface area contributed by atoms with Crippen molar-refractivity contribution in [3.8, 4) is 0 Å². The molecule has 0 atom stereocenters. The van der Waals surface area contributed by atoms with E-state index >= 15 is 0 Å². The van der Waals surface area contributed by atoms with Crippen molar-refractivity contribution in [2.75, 3.05) is 5.75 Å². The van der Waals surface area contributed by atoms with Gasteiger partial charge in [-0.3, -0.25) is 6.08 Å². The van der Waals surface area contributed by atoms with Crippen molar-refractivity contribution in [2.24, 2.45) is 0 Å². The first-order chi connectivity index (χ1) is 10.0. The van der Waals surface area contributed by atoms with Crippen molar-refractivity contribution < 1.29 is 43.5 Å². The Labute approximate surface area is 155 Å². The van der Waals surface area contributed by atoms with Gasteiger partial charge >= 0.3 is 26.2 Å². The fraction of sp³-hybridized carbons (Fsp3) is 0.688. The Bertz CT molecular complexity index is 344. The fourth-order valence-corrected chi connectivity index (χ4v) is 2.05. The Balaban J connectivity index is -0.000000329. The van der Waals surface area contributed by atoms with Crippen LogP contribution in [-0.4, -0.2) is 14.2 Å². The van der Waals surface area contributed by atoms with Crippen LogP contribution in [0.2, 0.25) is 0 Å². The van der Waals surface area contributed by atoms with Gasteiger partial charge in [-0.05, 0) is 10.9 Å². The molecule has 0 radical (unpaired) electrons. The van der Waals surface area contributed by atoms with Crippen molar-refractivity contribution in [2.45, 2.75) is 65.7 Å². The standard InChI is InChI=1S/C8H17FO3S.C5H5.C3H7.Zr/c1-2-3-4-5-6-7-8-13(10,11)12-9;1-2-4-5-3-1;1-3-2;/h2-8H2,1H3;1-3H,4H2;3H,1-2H3;/q;2*-1;+2. The smallest absolute Gasteiger partial charge is 0.335 e. The van der Waals surface area contributed by atoms with Crippen molar-refractivity contribution >= 4 is 10.1 Å². The first kappa shape index (κ1) is 27.1. The molecule has 3 nitrogen and oxygen atoms in total. The summed E-state index contributed by atoms with van der Waals surface area (Å²) >= 11 is 0. The predicted octanol–water partition coefficient (Wildman–Crippen LogP) is 5.11. The predicted molar refractivity (Wildman–Crippen MR) is 86.6 cm³/mol. The third-order valence-electron chi connectivity index (χ3n) is 2.43. The molecule has 1 aliphatic rings. The van der Waals surface area contributed by atoms with Gasteiger partial charge in [0.15, 0.2) is 0 Å². The van der Waals surface area contributed by atoms with Crippen LogP contribution >= 0.6 is 0 Å². The zero-order valence-corrected chi connectivity index (χ0v) is 17.3. The van der Waals surface area contributed by atoms with Crippen LogP contribution in [0.3, 0.4) is 0 Å². The van der Waals surface area contributed by atoms with E-state index in [0.29, 0.717) is 6.42 Å². The molecule has 0 saturated heterocycles. The number of hydrogen-bond donors (Lipinski definition) is 0. The Hall–Kier alpha value is 0.203. The van der Waals surface area contributed by atoms with E-state index < -0.39 is 10.1 Å². The summed E-state index contributed by atoms with van der Waals surface area (Å²) in [7, 11) is -3.88. The van der Waals surface area contributed by atoms with Gasteiger partial charge in [-0.25, -0.2) is 12.2 Å². The maximum absolute atomic E-state index is 11.3. The van der Waals surface area contributed by atoms with Gasteiger partial charge < -0.3 is 6.42 Å². The molecular weight excluding hydrogens is 382 g/mol. The van der Waals surface area contributed by atoms with Crippen LogP contribution in [-0.2, 0) is 40.7 Å². The van der Waals surface area contributed by atoms with Crippen molar-refractivity contribution in [1.82, 2.24) is 0 Å². The van der Waals surface area contributed by atoms with E-state index in [4.69, 9.17) is 0 Å². The first-order valence-corrected chi connectivity index (χ1v) is 9.10. The van der Waals surface area contributed by atoms with Gasteiger partial charge in [0.25, 0.3) is 10.1 Å².